The fourth-order valence-electron chi connectivity index (χ4n) is 3.61. The minimum Gasteiger partial charge on any atom is -0.497 e. The molecule has 0 radical (unpaired) electrons. The first-order valence-electron chi connectivity index (χ1n) is 8.92. The number of halogens is 1. The van der Waals surface area contributed by atoms with Gasteiger partial charge < -0.3 is 14.4 Å². The fourth-order valence-corrected chi connectivity index (χ4v) is 3.85. The zero-order chi connectivity index (χ0) is 19.7. The van der Waals surface area contributed by atoms with Gasteiger partial charge in [0.1, 0.15) is 11.4 Å². The lowest BCUT2D eigenvalue weighted by atomic mass is 9.96. The van der Waals surface area contributed by atoms with Crippen molar-refractivity contribution in [1.29, 1.82) is 0 Å². The van der Waals surface area contributed by atoms with Crippen LogP contribution in [0.5, 0.6) is 5.75 Å². The Morgan fingerprint density at radius 3 is 2.57 bits per heavy atom. The first-order valence-corrected chi connectivity index (χ1v) is 9.30. The Bertz CT molecular complexity index is 1000. The van der Waals surface area contributed by atoms with Crippen LogP contribution in [0.1, 0.15) is 27.7 Å². The molecule has 0 saturated heterocycles. The Labute approximate surface area is 168 Å². The number of fused-ring (bicyclic) bond motifs is 1. The number of carbonyl (C=O) groups excluding carboxylic acids is 1. The third-order valence-electron chi connectivity index (χ3n) is 4.96. The molecular weight excluding hydrogens is 378 g/mol. The number of methoxy groups -OCH3 is 2. The summed E-state index contributed by atoms with van der Waals surface area (Å²) in [4.78, 5) is 14.9. The van der Waals surface area contributed by atoms with E-state index in [1.165, 1.54) is 0 Å². The number of carbonyl (C=O) groups is 1. The van der Waals surface area contributed by atoms with Crippen LogP contribution < -0.4 is 4.74 Å². The molecule has 0 fully saturated rings. The summed E-state index contributed by atoms with van der Waals surface area (Å²) in [6.45, 7) is 0.887. The molecule has 0 aliphatic carbocycles. The number of aromatic amines is 1. The highest BCUT2D eigenvalue weighted by atomic mass is 35.5. The minimum absolute atomic E-state index is 0.107. The molecular formula is C21H20ClN3O3. The van der Waals surface area contributed by atoms with Crippen LogP contribution in [0.3, 0.4) is 0 Å². The van der Waals surface area contributed by atoms with E-state index in [0.717, 1.165) is 28.1 Å². The summed E-state index contributed by atoms with van der Waals surface area (Å²) in [5, 5.41) is 7.99. The largest absolute Gasteiger partial charge is 0.497 e. The van der Waals surface area contributed by atoms with Crippen molar-refractivity contribution in [1.82, 2.24) is 15.1 Å². The molecule has 0 bridgehead atoms. The highest BCUT2D eigenvalue weighted by molar-refractivity contribution is 6.31. The second kappa shape index (κ2) is 7.66. The zero-order valence-electron chi connectivity index (χ0n) is 15.6. The quantitative estimate of drug-likeness (QED) is 0.684. The van der Waals surface area contributed by atoms with Crippen molar-refractivity contribution < 1.29 is 14.3 Å². The number of amides is 1. The van der Waals surface area contributed by atoms with Gasteiger partial charge in [-0.15, -0.1) is 0 Å². The van der Waals surface area contributed by atoms with Crippen LogP contribution in [-0.2, 0) is 4.74 Å². The molecule has 7 heteroatoms. The van der Waals surface area contributed by atoms with E-state index in [9.17, 15) is 4.79 Å². The number of hydrogen-bond donors (Lipinski definition) is 1. The smallest absolute Gasteiger partial charge is 0.273 e. The monoisotopic (exact) mass is 397 g/mol. The number of rotatable bonds is 6. The number of benzene rings is 2. The topological polar surface area (TPSA) is 67.5 Å². The molecule has 6 nitrogen and oxygen atoms in total. The van der Waals surface area contributed by atoms with Gasteiger partial charge in [0.05, 0.1) is 25.5 Å². The second-order valence-corrected chi connectivity index (χ2v) is 6.91. The molecule has 1 aromatic heterocycles. The Morgan fingerprint density at radius 1 is 1.14 bits per heavy atom. The predicted molar refractivity (Wildman–Crippen MR) is 107 cm³/mol. The van der Waals surface area contributed by atoms with Crippen molar-refractivity contribution >= 4 is 17.5 Å². The summed E-state index contributed by atoms with van der Waals surface area (Å²) in [6.07, 6.45) is 0. The number of nitrogens with one attached hydrogen (secondary N) is 1. The molecule has 28 heavy (non-hydrogen) atoms. The molecule has 1 atom stereocenters. The summed E-state index contributed by atoms with van der Waals surface area (Å²) in [5.41, 5.74) is 3.82. The molecule has 4 rings (SSSR count). The summed E-state index contributed by atoms with van der Waals surface area (Å²) in [7, 11) is 3.25. The third-order valence-corrected chi connectivity index (χ3v) is 5.31. The highest BCUT2D eigenvalue weighted by Gasteiger charge is 2.42. The van der Waals surface area contributed by atoms with Crippen LogP contribution in [0.2, 0.25) is 5.02 Å². The predicted octanol–water partition coefficient (Wildman–Crippen LogP) is 3.93. The van der Waals surface area contributed by atoms with Gasteiger partial charge in [-0.05, 0) is 35.9 Å². The maximum atomic E-state index is 13.1. The van der Waals surface area contributed by atoms with Gasteiger partial charge in [-0.3, -0.25) is 9.89 Å². The van der Waals surface area contributed by atoms with Gasteiger partial charge in [-0.1, -0.05) is 29.8 Å². The summed E-state index contributed by atoms with van der Waals surface area (Å²) in [5.74, 6) is 0.653. The van der Waals surface area contributed by atoms with Crippen LogP contribution in [0.25, 0.3) is 11.3 Å². The first kappa shape index (κ1) is 18.5. The van der Waals surface area contributed by atoms with Crippen molar-refractivity contribution in [2.24, 2.45) is 0 Å². The van der Waals surface area contributed by atoms with Crippen LogP contribution in [0.15, 0.2) is 48.5 Å². The van der Waals surface area contributed by atoms with Gasteiger partial charge in [-0.25, -0.2) is 0 Å². The molecule has 1 unspecified atom stereocenters. The molecule has 1 aliphatic rings. The van der Waals surface area contributed by atoms with E-state index >= 15 is 0 Å². The molecule has 0 spiro atoms. The summed E-state index contributed by atoms with van der Waals surface area (Å²) >= 11 is 6.51. The van der Waals surface area contributed by atoms with Crippen molar-refractivity contribution in [3.63, 3.8) is 0 Å². The normalized spacial score (nSPS) is 15.8. The van der Waals surface area contributed by atoms with Crippen molar-refractivity contribution in [2.75, 3.05) is 27.4 Å². The van der Waals surface area contributed by atoms with E-state index < -0.39 is 0 Å². The van der Waals surface area contributed by atoms with Crippen LogP contribution in [-0.4, -0.2) is 48.4 Å². The van der Waals surface area contributed by atoms with Gasteiger partial charge in [0.2, 0.25) is 0 Å². The van der Waals surface area contributed by atoms with Gasteiger partial charge in [0.15, 0.2) is 0 Å². The molecule has 2 heterocycles. The molecule has 144 valence electrons. The van der Waals surface area contributed by atoms with Crippen LogP contribution in [0.4, 0.5) is 0 Å². The molecule has 3 aromatic rings. The van der Waals surface area contributed by atoms with Crippen LogP contribution in [0, 0.1) is 0 Å². The van der Waals surface area contributed by atoms with Crippen molar-refractivity contribution in [3.05, 3.63) is 70.4 Å². The Morgan fingerprint density at radius 2 is 1.89 bits per heavy atom. The molecule has 1 amide bonds. The average molecular weight is 398 g/mol. The summed E-state index contributed by atoms with van der Waals surface area (Å²) in [6, 6.07) is 14.9. The van der Waals surface area contributed by atoms with Crippen LogP contribution >= 0.6 is 11.6 Å². The van der Waals surface area contributed by atoms with E-state index in [1.54, 1.807) is 19.1 Å². The van der Waals surface area contributed by atoms with Gasteiger partial charge in [-0.2, -0.15) is 5.10 Å². The maximum Gasteiger partial charge on any atom is 0.273 e. The number of nitrogens with zero attached hydrogens (tertiary/aromatic N) is 2. The zero-order valence-corrected chi connectivity index (χ0v) is 16.4. The Balaban J connectivity index is 1.85. The average Bonchev–Trinajstić information content (AvgIpc) is 3.26. The number of hydrogen-bond acceptors (Lipinski definition) is 4. The molecule has 1 aliphatic heterocycles. The van der Waals surface area contributed by atoms with Gasteiger partial charge >= 0.3 is 0 Å². The van der Waals surface area contributed by atoms with E-state index in [4.69, 9.17) is 21.1 Å². The highest BCUT2D eigenvalue weighted by Crippen LogP contribution is 2.44. The number of H-pyrrole nitrogens is 1. The third kappa shape index (κ3) is 3.04. The minimum atomic E-state index is -0.331. The molecule has 1 N–H and O–H groups in total. The van der Waals surface area contributed by atoms with Crippen molar-refractivity contribution in [3.8, 4) is 17.0 Å². The molecule has 2 aromatic carbocycles. The standard InChI is InChI=1S/C21H20ClN3O3/c1-27-12-11-25-20(15-5-3-4-6-16(15)22)17-18(23-24-19(17)21(25)26)13-7-9-14(28-2)10-8-13/h3-10,20H,11-12H2,1-2H3,(H,23,24). The lowest BCUT2D eigenvalue weighted by Gasteiger charge is -2.26. The fraction of sp³-hybridized carbons (Fsp3) is 0.238. The summed E-state index contributed by atoms with van der Waals surface area (Å²) < 4.78 is 10.5. The Kier molecular flexibility index (Phi) is 5.07. The van der Waals surface area contributed by atoms with Crippen molar-refractivity contribution in [2.45, 2.75) is 6.04 Å². The maximum absolute atomic E-state index is 13.1. The van der Waals surface area contributed by atoms with Gasteiger partial charge in [0, 0.05) is 29.8 Å². The number of aromatic nitrogens is 2. The van der Waals surface area contributed by atoms with E-state index in [-0.39, 0.29) is 11.9 Å². The SMILES string of the molecule is COCCN1C(=O)c2[nH]nc(-c3ccc(OC)cc3)c2C1c1ccccc1Cl. The van der Waals surface area contributed by atoms with E-state index in [1.807, 2.05) is 48.5 Å². The van der Waals surface area contributed by atoms with E-state index in [0.29, 0.717) is 23.9 Å². The lowest BCUT2D eigenvalue weighted by Crippen LogP contribution is -2.32. The molecule has 0 saturated carbocycles. The number of ether oxygens (including phenoxy) is 2. The van der Waals surface area contributed by atoms with E-state index in [2.05, 4.69) is 10.2 Å². The van der Waals surface area contributed by atoms with Gasteiger partial charge in [0.25, 0.3) is 5.91 Å². The first-order chi connectivity index (χ1) is 13.7. The second-order valence-electron chi connectivity index (χ2n) is 6.50. The lowest BCUT2D eigenvalue weighted by molar-refractivity contribution is 0.0677. The Hall–Kier alpha value is -2.83.